The lowest BCUT2D eigenvalue weighted by molar-refractivity contribution is -0.143. The SMILES string of the molecule is CCOC(=O)CCCN=Cc1cc(Br)cc(Br)c1O. The molecule has 0 bridgehead atoms. The quantitative estimate of drug-likeness (QED) is 0.456. The molecule has 1 N–H and O–H groups in total. The molecule has 0 aliphatic rings. The molecule has 4 nitrogen and oxygen atoms in total. The molecule has 1 aromatic carbocycles. The molecule has 1 rings (SSSR count). The van der Waals surface area contributed by atoms with Gasteiger partial charge in [-0.1, -0.05) is 15.9 Å². The number of carbonyl (C=O) groups excluding carboxylic acids is 1. The number of hydrogen-bond acceptors (Lipinski definition) is 4. The number of phenols is 1. The van der Waals surface area contributed by atoms with Crippen LogP contribution in [0.2, 0.25) is 0 Å². The van der Waals surface area contributed by atoms with E-state index in [9.17, 15) is 9.90 Å². The molecule has 0 atom stereocenters. The highest BCUT2D eigenvalue weighted by molar-refractivity contribution is 9.11. The molecule has 0 saturated carbocycles. The highest BCUT2D eigenvalue weighted by atomic mass is 79.9. The van der Waals surface area contributed by atoms with Gasteiger partial charge in [0.1, 0.15) is 5.75 Å². The molecule has 0 fully saturated rings. The lowest BCUT2D eigenvalue weighted by atomic mass is 10.2. The molecule has 0 spiro atoms. The second-order valence-electron chi connectivity index (χ2n) is 3.77. The van der Waals surface area contributed by atoms with Crippen molar-refractivity contribution in [2.75, 3.05) is 13.2 Å². The van der Waals surface area contributed by atoms with E-state index in [1.54, 1.807) is 25.3 Å². The van der Waals surface area contributed by atoms with Crippen LogP contribution in [0.4, 0.5) is 0 Å². The zero-order chi connectivity index (χ0) is 14.3. The second-order valence-corrected chi connectivity index (χ2v) is 5.54. The van der Waals surface area contributed by atoms with Gasteiger partial charge in [0.05, 0.1) is 11.1 Å². The first-order valence-electron chi connectivity index (χ1n) is 5.88. The van der Waals surface area contributed by atoms with E-state index >= 15 is 0 Å². The second kappa shape index (κ2) is 8.32. The van der Waals surface area contributed by atoms with Crippen molar-refractivity contribution in [3.63, 3.8) is 0 Å². The summed E-state index contributed by atoms with van der Waals surface area (Å²) in [5.74, 6) is -0.0527. The molecule has 0 aliphatic heterocycles. The lowest BCUT2D eigenvalue weighted by Crippen LogP contribution is -2.04. The maximum absolute atomic E-state index is 11.1. The highest BCUT2D eigenvalue weighted by Gasteiger charge is 2.05. The predicted molar refractivity (Wildman–Crippen MR) is 81.8 cm³/mol. The minimum absolute atomic E-state index is 0.150. The van der Waals surface area contributed by atoms with Crippen LogP contribution in [0.25, 0.3) is 0 Å². The van der Waals surface area contributed by atoms with Crippen molar-refractivity contribution in [1.29, 1.82) is 0 Å². The summed E-state index contributed by atoms with van der Waals surface area (Å²) in [5, 5.41) is 9.80. The smallest absolute Gasteiger partial charge is 0.305 e. The third-order valence-corrected chi connectivity index (χ3v) is 3.32. The van der Waals surface area contributed by atoms with Gasteiger partial charge in [0.2, 0.25) is 0 Å². The van der Waals surface area contributed by atoms with E-state index in [-0.39, 0.29) is 11.7 Å². The molecule has 0 saturated heterocycles. The number of esters is 1. The molecule has 1 aromatic rings. The number of nitrogens with zero attached hydrogens (tertiary/aromatic N) is 1. The number of halogens is 2. The van der Waals surface area contributed by atoms with Crippen LogP contribution in [0.15, 0.2) is 26.1 Å². The Hall–Kier alpha value is -0.880. The Labute approximate surface area is 129 Å². The van der Waals surface area contributed by atoms with Crippen LogP contribution in [0.3, 0.4) is 0 Å². The van der Waals surface area contributed by atoms with Crippen LogP contribution in [-0.2, 0) is 9.53 Å². The van der Waals surface area contributed by atoms with Crippen molar-refractivity contribution in [3.8, 4) is 5.75 Å². The fraction of sp³-hybridized carbons (Fsp3) is 0.385. The molecular formula is C13H15Br2NO3. The fourth-order valence-corrected chi connectivity index (χ4v) is 2.65. The van der Waals surface area contributed by atoms with E-state index in [1.807, 2.05) is 0 Å². The van der Waals surface area contributed by atoms with Crippen LogP contribution >= 0.6 is 31.9 Å². The van der Waals surface area contributed by atoms with Crippen LogP contribution in [0, 0.1) is 0 Å². The molecule has 0 aromatic heterocycles. The Balaban J connectivity index is 2.47. The highest BCUT2D eigenvalue weighted by Crippen LogP contribution is 2.30. The average Bonchev–Trinajstić information content (AvgIpc) is 2.34. The summed E-state index contributed by atoms with van der Waals surface area (Å²) in [4.78, 5) is 15.3. The van der Waals surface area contributed by atoms with E-state index in [4.69, 9.17) is 4.74 Å². The van der Waals surface area contributed by atoms with Gasteiger partial charge in [0, 0.05) is 29.2 Å². The first-order valence-corrected chi connectivity index (χ1v) is 7.46. The standard InChI is InChI=1S/C13H15Br2NO3/c1-2-19-12(17)4-3-5-16-8-9-6-10(14)7-11(15)13(9)18/h6-8,18H,2-5H2,1H3. The summed E-state index contributed by atoms with van der Waals surface area (Å²) in [7, 11) is 0. The summed E-state index contributed by atoms with van der Waals surface area (Å²) in [6.07, 6.45) is 2.58. The van der Waals surface area contributed by atoms with E-state index in [0.29, 0.717) is 36.0 Å². The van der Waals surface area contributed by atoms with Crippen LogP contribution in [0.5, 0.6) is 5.75 Å². The number of rotatable bonds is 6. The number of hydrogen-bond donors (Lipinski definition) is 1. The number of aliphatic imine (C=N–C) groups is 1. The van der Waals surface area contributed by atoms with Gasteiger partial charge >= 0.3 is 5.97 Å². The third kappa shape index (κ3) is 5.74. The van der Waals surface area contributed by atoms with E-state index in [2.05, 4.69) is 36.9 Å². The summed E-state index contributed by atoms with van der Waals surface area (Å²) >= 11 is 6.60. The maximum Gasteiger partial charge on any atom is 0.305 e. The number of carbonyl (C=O) groups is 1. The first-order chi connectivity index (χ1) is 9.04. The largest absolute Gasteiger partial charge is 0.506 e. The minimum atomic E-state index is -0.203. The van der Waals surface area contributed by atoms with Crippen molar-refractivity contribution in [2.45, 2.75) is 19.8 Å². The number of aromatic hydroxyl groups is 1. The molecule has 6 heteroatoms. The zero-order valence-electron chi connectivity index (χ0n) is 10.5. The van der Waals surface area contributed by atoms with Gasteiger partial charge in [0.25, 0.3) is 0 Å². The molecule has 0 aliphatic carbocycles. The van der Waals surface area contributed by atoms with Crippen molar-refractivity contribution in [2.24, 2.45) is 4.99 Å². The topological polar surface area (TPSA) is 58.9 Å². The predicted octanol–water partition coefficient (Wildman–Crippen LogP) is 3.68. The number of phenolic OH excluding ortho intramolecular Hbond substituents is 1. The van der Waals surface area contributed by atoms with Crippen LogP contribution in [-0.4, -0.2) is 30.4 Å². The van der Waals surface area contributed by atoms with Crippen molar-refractivity contribution in [3.05, 3.63) is 26.6 Å². The molecule has 19 heavy (non-hydrogen) atoms. The van der Waals surface area contributed by atoms with Gasteiger partial charge in [-0.15, -0.1) is 0 Å². The molecule has 0 unspecified atom stereocenters. The molecule has 0 amide bonds. The van der Waals surface area contributed by atoms with Crippen molar-refractivity contribution in [1.82, 2.24) is 0 Å². The number of ether oxygens (including phenoxy) is 1. The van der Waals surface area contributed by atoms with Gasteiger partial charge in [0.15, 0.2) is 0 Å². The van der Waals surface area contributed by atoms with Crippen molar-refractivity contribution >= 4 is 44.0 Å². The fourth-order valence-electron chi connectivity index (χ4n) is 1.40. The molecular weight excluding hydrogens is 378 g/mol. The minimum Gasteiger partial charge on any atom is -0.506 e. The van der Waals surface area contributed by atoms with Crippen LogP contribution in [0.1, 0.15) is 25.3 Å². The monoisotopic (exact) mass is 391 g/mol. The summed E-state index contributed by atoms with van der Waals surface area (Å²) in [6.45, 7) is 2.70. The Bertz CT molecular complexity index is 475. The van der Waals surface area contributed by atoms with Gasteiger partial charge in [-0.25, -0.2) is 0 Å². The van der Waals surface area contributed by atoms with Gasteiger partial charge in [-0.2, -0.15) is 0 Å². The van der Waals surface area contributed by atoms with E-state index in [1.165, 1.54) is 0 Å². The Morgan fingerprint density at radius 2 is 2.21 bits per heavy atom. The van der Waals surface area contributed by atoms with Crippen LogP contribution < -0.4 is 0 Å². The maximum atomic E-state index is 11.1. The first kappa shape index (κ1) is 16.2. The van der Waals surface area contributed by atoms with Gasteiger partial charge < -0.3 is 9.84 Å². The molecule has 104 valence electrons. The molecule has 0 heterocycles. The van der Waals surface area contributed by atoms with E-state index < -0.39 is 0 Å². The average molecular weight is 393 g/mol. The summed E-state index contributed by atoms with van der Waals surface area (Å²) < 4.78 is 6.27. The third-order valence-electron chi connectivity index (χ3n) is 2.26. The summed E-state index contributed by atoms with van der Waals surface area (Å²) in [5.41, 5.74) is 0.623. The summed E-state index contributed by atoms with van der Waals surface area (Å²) in [6, 6.07) is 3.53. The molecule has 0 radical (unpaired) electrons. The van der Waals surface area contributed by atoms with E-state index in [0.717, 1.165) is 4.47 Å². The Morgan fingerprint density at radius 3 is 2.89 bits per heavy atom. The normalized spacial score (nSPS) is 10.9. The Kier molecular flexibility index (Phi) is 7.09. The Morgan fingerprint density at radius 1 is 1.47 bits per heavy atom. The van der Waals surface area contributed by atoms with Gasteiger partial charge in [-0.05, 0) is 41.4 Å². The van der Waals surface area contributed by atoms with Gasteiger partial charge in [-0.3, -0.25) is 9.79 Å². The number of benzene rings is 1. The lowest BCUT2D eigenvalue weighted by Gasteiger charge is -2.03. The zero-order valence-corrected chi connectivity index (χ0v) is 13.7. The van der Waals surface area contributed by atoms with Crippen molar-refractivity contribution < 1.29 is 14.6 Å².